The Morgan fingerprint density at radius 1 is 1.35 bits per heavy atom. The molecule has 0 aliphatic carbocycles. The van der Waals surface area contributed by atoms with E-state index in [-0.39, 0.29) is 11.9 Å². The molecule has 0 aromatic heterocycles. The zero-order valence-electron chi connectivity index (χ0n) is 10.3. The smallest absolute Gasteiger partial charge is 0.146 e. The van der Waals surface area contributed by atoms with Crippen LogP contribution >= 0.6 is 0 Å². The minimum absolute atomic E-state index is 0.152. The van der Waals surface area contributed by atoms with E-state index in [1.807, 2.05) is 24.0 Å². The first-order chi connectivity index (χ1) is 8.20. The lowest BCUT2D eigenvalue weighted by molar-refractivity contribution is 0.00381. The largest absolute Gasteiger partial charge is 0.382 e. The van der Waals surface area contributed by atoms with Crippen LogP contribution in [-0.2, 0) is 9.47 Å². The van der Waals surface area contributed by atoms with E-state index in [9.17, 15) is 4.39 Å². The Kier molecular flexibility index (Phi) is 3.97. The highest BCUT2D eigenvalue weighted by molar-refractivity contribution is 5.51. The van der Waals surface area contributed by atoms with Gasteiger partial charge in [-0.2, -0.15) is 0 Å². The molecule has 4 heteroatoms. The molecule has 94 valence electrons. The van der Waals surface area contributed by atoms with Gasteiger partial charge >= 0.3 is 0 Å². The first-order valence-electron chi connectivity index (χ1n) is 5.82. The van der Waals surface area contributed by atoms with E-state index in [0.717, 1.165) is 18.7 Å². The molecule has 2 rings (SSSR count). The lowest BCUT2D eigenvalue weighted by atomic mass is 10.1. The van der Waals surface area contributed by atoms with Crippen molar-refractivity contribution >= 4 is 5.69 Å². The Morgan fingerprint density at radius 2 is 2.12 bits per heavy atom. The highest BCUT2D eigenvalue weighted by Crippen LogP contribution is 2.26. The lowest BCUT2D eigenvalue weighted by Crippen LogP contribution is -2.53. The van der Waals surface area contributed by atoms with Crippen molar-refractivity contribution in [3.8, 4) is 0 Å². The van der Waals surface area contributed by atoms with Gasteiger partial charge in [-0.1, -0.05) is 6.07 Å². The van der Waals surface area contributed by atoms with Crippen molar-refractivity contribution in [3.63, 3.8) is 0 Å². The summed E-state index contributed by atoms with van der Waals surface area (Å²) in [7, 11) is 1.65. The van der Waals surface area contributed by atoms with Crippen LogP contribution < -0.4 is 4.90 Å². The second-order valence-electron chi connectivity index (χ2n) is 4.35. The molecular weight excluding hydrogens is 221 g/mol. The molecule has 1 aromatic carbocycles. The van der Waals surface area contributed by atoms with Gasteiger partial charge in [0.05, 0.1) is 25.0 Å². The summed E-state index contributed by atoms with van der Waals surface area (Å²) in [5, 5.41) is 0. The normalized spacial score (nSPS) is 16.1. The van der Waals surface area contributed by atoms with Crippen LogP contribution in [0.25, 0.3) is 0 Å². The van der Waals surface area contributed by atoms with Crippen LogP contribution in [0.4, 0.5) is 10.1 Å². The molecule has 1 aromatic rings. The first-order valence-corrected chi connectivity index (χ1v) is 5.82. The van der Waals surface area contributed by atoms with E-state index >= 15 is 0 Å². The van der Waals surface area contributed by atoms with Crippen LogP contribution in [-0.4, -0.2) is 39.5 Å². The van der Waals surface area contributed by atoms with E-state index in [2.05, 4.69) is 0 Å². The summed E-state index contributed by atoms with van der Waals surface area (Å²) >= 11 is 0. The van der Waals surface area contributed by atoms with Gasteiger partial charge in [0.1, 0.15) is 5.82 Å². The molecule has 0 amide bonds. The second-order valence-corrected chi connectivity index (χ2v) is 4.35. The summed E-state index contributed by atoms with van der Waals surface area (Å²) in [4.78, 5) is 1.99. The van der Waals surface area contributed by atoms with Crippen LogP contribution in [0.5, 0.6) is 0 Å². The van der Waals surface area contributed by atoms with E-state index in [0.29, 0.717) is 18.9 Å². The fraction of sp³-hybridized carbons (Fsp3) is 0.538. The van der Waals surface area contributed by atoms with E-state index in [1.54, 1.807) is 13.2 Å². The molecule has 0 atom stereocenters. The SMILES string of the molecule is COCCOC1CN(c2ccc(C)cc2F)C1. The minimum Gasteiger partial charge on any atom is -0.382 e. The predicted molar refractivity (Wildman–Crippen MR) is 65.0 cm³/mol. The van der Waals surface area contributed by atoms with Gasteiger partial charge in [0.15, 0.2) is 0 Å². The van der Waals surface area contributed by atoms with Crippen molar-refractivity contribution in [1.29, 1.82) is 0 Å². The third kappa shape index (κ3) is 2.96. The molecule has 17 heavy (non-hydrogen) atoms. The molecule has 0 N–H and O–H groups in total. The Balaban J connectivity index is 1.82. The average Bonchev–Trinajstić information content (AvgIpc) is 2.23. The van der Waals surface area contributed by atoms with Gasteiger partial charge in [-0.15, -0.1) is 0 Å². The number of aryl methyl sites for hydroxylation is 1. The van der Waals surface area contributed by atoms with Gasteiger partial charge in [0, 0.05) is 20.2 Å². The summed E-state index contributed by atoms with van der Waals surface area (Å²) in [6.07, 6.45) is 0.200. The molecular formula is C13H18FNO2. The van der Waals surface area contributed by atoms with Crippen molar-refractivity contribution in [2.75, 3.05) is 38.3 Å². The highest BCUT2D eigenvalue weighted by atomic mass is 19.1. The number of ether oxygens (including phenoxy) is 2. The Labute approximate surface area is 101 Å². The number of benzene rings is 1. The van der Waals surface area contributed by atoms with Crippen molar-refractivity contribution in [3.05, 3.63) is 29.6 Å². The topological polar surface area (TPSA) is 21.7 Å². The van der Waals surface area contributed by atoms with Crippen molar-refractivity contribution < 1.29 is 13.9 Å². The Bertz CT molecular complexity index is 378. The summed E-state index contributed by atoms with van der Waals surface area (Å²) < 4.78 is 24.1. The van der Waals surface area contributed by atoms with Gasteiger partial charge < -0.3 is 14.4 Å². The predicted octanol–water partition coefficient (Wildman–Crippen LogP) is 1.99. The monoisotopic (exact) mass is 239 g/mol. The van der Waals surface area contributed by atoms with Crippen molar-refractivity contribution in [1.82, 2.24) is 0 Å². The van der Waals surface area contributed by atoms with Crippen LogP contribution in [0.2, 0.25) is 0 Å². The maximum Gasteiger partial charge on any atom is 0.146 e. The van der Waals surface area contributed by atoms with E-state index in [1.165, 1.54) is 0 Å². The fourth-order valence-corrected chi connectivity index (χ4v) is 1.91. The first kappa shape index (κ1) is 12.3. The van der Waals surface area contributed by atoms with Gasteiger partial charge in [0.2, 0.25) is 0 Å². The van der Waals surface area contributed by atoms with Gasteiger partial charge in [-0.3, -0.25) is 0 Å². The maximum atomic E-state index is 13.7. The molecule has 1 aliphatic heterocycles. The maximum absolute atomic E-state index is 13.7. The number of methoxy groups -OCH3 is 1. The van der Waals surface area contributed by atoms with Crippen LogP contribution in [0.3, 0.4) is 0 Å². The number of anilines is 1. The second kappa shape index (κ2) is 5.47. The number of rotatable bonds is 5. The third-order valence-corrected chi connectivity index (χ3v) is 2.93. The molecule has 0 unspecified atom stereocenters. The number of hydrogen-bond donors (Lipinski definition) is 0. The number of hydrogen-bond acceptors (Lipinski definition) is 3. The summed E-state index contributed by atoms with van der Waals surface area (Å²) in [5.41, 5.74) is 1.61. The zero-order chi connectivity index (χ0) is 12.3. The van der Waals surface area contributed by atoms with E-state index < -0.39 is 0 Å². The summed E-state index contributed by atoms with van der Waals surface area (Å²) in [6.45, 7) is 4.60. The average molecular weight is 239 g/mol. The molecule has 1 saturated heterocycles. The Hall–Kier alpha value is -1.13. The molecule has 0 bridgehead atoms. The summed E-state index contributed by atoms with van der Waals surface area (Å²) in [6, 6.07) is 5.32. The van der Waals surface area contributed by atoms with Crippen LogP contribution in [0.15, 0.2) is 18.2 Å². The molecule has 0 spiro atoms. The molecule has 1 aliphatic rings. The van der Waals surface area contributed by atoms with Gasteiger partial charge in [0.25, 0.3) is 0 Å². The Morgan fingerprint density at radius 3 is 2.76 bits per heavy atom. The van der Waals surface area contributed by atoms with Gasteiger partial charge in [-0.25, -0.2) is 4.39 Å². The van der Waals surface area contributed by atoms with Crippen molar-refractivity contribution in [2.24, 2.45) is 0 Å². The summed E-state index contributed by atoms with van der Waals surface area (Å²) in [5.74, 6) is -0.152. The fourth-order valence-electron chi connectivity index (χ4n) is 1.91. The zero-order valence-corrected chi connectivity index (χ0v) is 10.3. The molecule has 1 heterocycles. The molecule has 1 fully saturated rings. The minimum atomic E-state index is -0.152. The quantitative estimate of drug-likeness (QED) is 0.733. The lowest BCUT2D eigenvalue weighted by Gasteiger charge is -2.40. The number of halogens is 1. The van der Waals surface area contributed by atoms with Crippen LogP contribution in [0, 0.1) is 12.7 Å². The van der Waals surface area contributed by atoms with E-state index in [4.69, 9.17) is 9.47 Å². The molecule has 0 radical (unpaired) electrons. The highest BCUT2D eigenvalue weighted by Gasteiger charge is 2.29. The third-order valence-electron chi connectivity index (χ3n) is 2.93. The standard InChI is InChI=1S/C13H18FNO2/c1-10-3-4-13(12(14)7-10)15-8-11(9-15)17-6-5-16-2/h3-4,7,11H,5-6,8-9H2,1-2H3. The molecule has 0 saturated carbocycles. The number of nitrogens with zero attached hydrogens (tertiary/aromatic N) is 1. The van der Waals surface area contributed by atoms with Crippen LogP contribution in [0.1, 0.15) is 5.56 Å². The molecule has 3 nitrogen and oxygen atoms in total. The van der Waals surface area contributed by atoms with Gasteiger partial charge in [-0.05, 0) is 24.6 Å². The van der Waals surface area contributed by atoms with Crippen molar-refractivity contribution in [2.45, 2.75) is 13.0 Å².